The molecule has 0 atom stereocenters. The van der Waals surface area contributed by atoms with Gasteiger partial charge in [0.1, 0.15) is 0 Å². The minimum atomic E-state index is 0.510. The molecule has 4 nitrogen and oxygen atoms in total. The van der Waals surface area contributed by atoms with Crippen LogP contribution in [0.2, 0.25) is 10.0 Å². The molecule has 0 bridgehead atoms. The third-order valence-electron chi connectivity index (χ3n) is 2.78. The van der Waals surface area contributed by atoms with Gasteiger partial charge in [0.2, 0.25) is 5.13 Å². The van der Waals surface area contributed by atoms with E-state index in [1.807, 2.05) is 23.6 Å². The molecule has 0 spiro atoms. The van der Waals surface area contributed by atoms with Crippen LogP contribution in [0.1, 0.15) is 5.56 Å². The number of hydrogen-bond acceptors (Lipinski definition) is 5. The van der Waals surface area contributed by atoms with Crippen molar-refractivity contribution < 1.29 is 0 Å². The van der Waals surface area contributed by atoms with Crippen molar-refractivity contribution in [1.29, 1.82) is 0 Å². The molecule has 0 aliphatic carbocycles. The van der Waals surface area contributed by atoms with E-state index in [9.17, 15) is 0 Å². The maximum atomic E-state index is 6.02. The predicted octanol–water partition coefficient (Wildman–Crippen LogP) is 4.96. The van der Waals surface area contributed by atoms with Crippen molar-refractivity contribution in [2.75, 3.05) is 5.43 Å². The van der Waals surface area contributed by atoms with Crippen molar-refractivity contribution in [2.45, 2.75) is 0 Å². The standard InChI is InChI=1S/C15H10Cl2N4S/c16-12-4-3-11(6-13(12)17)14-9-22-15(20-14)21-19-8-10-2-1-5-18-7-10/h1-9H,(H,20,21)/b19-8+. The fourth-order valence-corrected chi connectivity index (χ4v) is 2.69. The molecule has 0 radical (unpaired) electrons. The number of thiazole rings is 1. The summed E-state index contributed by atoms with van der Waals surface area (Å²) >= 11 is 13.4. The van der Waals surface area contributed by atoms with Gasteiger partial charge in [0.25, 0.3) is 0 Å². The molecule has 0 aliphatic heterocycles. The van der Waals surface area contributed by atoms with Gasteiger partial charge in [0, 0.05) is 28.9 Å². The highest BCUT2D eigenvalue weighted by molar-refractivity contribution is 7.14. The molecule has 0 saturated heterocycles. The van der Waals surface area contributed by atoms with Crippen molar-refractivity contribution in [2.24, 2.45) is 5.10 Å². The first-order valence-corrected chi connectivity index (χ1v) is 7.96. The average molecular weight is 349 g/mol. The van der Waals surface area contributed by atoms with E-state index in [1.165, 1.54) is 11.3 Å². The van der Waals surface area contributed by atoms with Crippen molar-refractivity contribution in [3.05, 3.63) is 63.7 Å². The Morgan fingerprint density at radius 3 is 2.86 bits per heavy atom. The fraction of sp³-hybridized carbons (Fsp3) is 0. The Hall–Kier alpha value is -1.95. The summed E-state index contributed by atoms with van der Waals surface area (Å²) in [5, 5.41) is 7.80. The molecule has 7 heteroatoms. The molecule has 1 N–H and O–H groups in total. The smallest absolute Gasteiger partial charge is 0.203 e. The summed E-state index contributed by atoms with van der Waals surface area (Å²) in [5.74, 6) is 0. The fourth-order valence-electron chi connectivity index (χ4n) is 1.73. The molecule has 22 heavy (non-hydrogen) atoms. The number of halogens is 2. The number of nitrogens with one attached hydrogen (secondary N) is 1. The van der Waals surface area contributed by atoms with Crippen LogP contribution < -0.4 is 5.43 Å². The molecule has 0 amide bonds. The minimum absolute atomic E-state index is 0.510. The lowest BCUT2D eigenvalue weighted by molar-refractivity contribution is 1.28. The van der Waals surface area contributed by atoms with Gasteiger partial charge in [-0.15, -0.1) is 11.3 Å². The van der Waals surface area contributed by atoms with Crippen LogP contribution >= 0.6 is 34.5 Å². The Morgan fingerprint density at radius 2 is 2.09 bits per heavy atom. The summed E-state index contributed by atoms with van der Waals surface area (Å²) in [6.07, 6.45) is 5.14. The van der Waals surface area contributed by atoms with Crippen LogP contribution in [0.15, 0.2) is 53.2 Å². The van der Waals surface area contributed by atoms with E-state index in [2.05, 4.69) is 20.5 Å². The highest BCUT2D eigenvalue weighted by Gasteiger charge is 2.06. The van der Waals surface area contributed by atoms with E-state index in [-0.39, 0.29) is 0 Å². The molecule has 0 fully saturated rings. The zero-order valence-electron chi connectivity index (χ0n) is 11.2. The van der Waals surface area contributed by atoms with Crippen molar-refractivity contribution >= 4 is 45.9 Å². The maximum Gasteiger partial charge on any atom is 0.203 e. The van der Waals surface area contributed by atoms with Gasteiger partial charge in [-0.2, -0.15) is 5.10 Å². The molecule has 0 unspecified atom stereocenters. The van der Waals surface area contributed by atoms with Crippen LogP contribution in [0.5, 0.6) is 0 Å². The maximum absolute atomic E-state index is 6.02. The van der Waals surface area contributed by atoms with Crippen LogP contribution in [0.4, 0.5) is 5.13 Å². The molecule has 0 saturated carbocycles. The predicted molar refractivity (Wildman–Crippen MR) is 93.0 cm³/mol. The monoisotopic (exact) mass is 348 g/mol. The van der Waals surface area contributed by atoms with E-state index in [4.69, 9.17) is 23.2 Å². The summed E-state index contributed by atoms with van der Waals surface area (Å²) in [7, 11) is 0. The van der Waals surface area contributed by atoms with E-state index in [1.54, 1.807) is 30.7 Å². The van der Waals surface area contributed by atoms with E-state index >= 15 is 0 Å². The van der Waals surface area contributed by atoms with Gasteiger partial charge in [0.15, 0.2) is 0 Å². The summed E-state index contributed by atoms with van der Waals surface area (Å²) in [4.78, 5) is 8.47. The highest BCUT2D eigenvalue weighted by atomic mass is 35.5. The number of rotatable bonds is 4. The Labute approximate surface area is 141 Å². The minimum Gasteiger partial charge on any atom is -0.264 e. The first-order chi connectivity index (χ1) is 10.7. The first kappa shape index (κ1) is 15.0. The van der Waals surface area contributed by atoms with E-state index in [0.717, 1.165) is 16.8 Å². The number of benzene rings is 1. The largest absolute Gasteiger partial charge is 0.264 e. The molecule has 1 aromatic carbocycles. The van der Waals surface area contributed by atoms with Crippen LogP contribution in [0, 0.1) is 0 Å². The van der Waals surface area contributed by atoms with E-state index in [0.29, 0.717) is 15.2 Å². The Bertz CT molecular complexity index is 802. The number of hydrazone groups is 1. The first-order valence-electron chi connectivity index (χ1n) is 6.32. The van der Waals surface area contributed by atoms with Crippen LogP contribution in [-0.4, -0.2) is 16.2 Å². The molecule has 0 aliphatic rings. The summed E-state index contributed by atoms with van der Waals surface area (Å²) < 4.78 is 0. The second kappa shape index (κ2) is 6.87. The number of pyridine rings is 1. The zero-order valence-corrected chi connectivity index (χ0v) is 13.5. The van der Waals surface area contributed by atoms with Gasteiger partial charge >= 0.3 is 0 Å². The quantitative estimate of drug-likeness (QED) is 0.535. The van der Waals surface area contributed by atoms with Gasteiger partial charge in [0.05, 0.1) is 22.0 Å². The molecule has 3 aromatic rings. The van der Waals surface area contributed by atoms with Gasteiger partial charge < -0.3 is 0 Å². The van der Waals surface area contributed by atoms with Gasteiger partial charge in [-0.25, -0.2) is 4.98 Å². The van der Waals surface area contributed by atoms with Crippen molar-refractivity contribution in [1.82, 2.24) is 9.97 Å². The number of aromatic nitrogens is 2. The topological polar surface area (TPSA) is 50.2 Å². The van der Waals surface area contributed by atoms with Gasteiger partial charge in [-0.1, -0.05) is 35.3 Å². The molecular weight excluding hydrogens is 339 g/mol. The lowest BCUT2D eigenvalue weighted by Gasteiger charge is -1.99. The molecule has 3 rings (SSSR count). The number of anilines is 1. The summed E-state index contributed by atoms with van der Waals surface area (Å²) in [5.41, 5.74) is 5.55. The Balaban J connectivity index is 1.71. The second-order valence-corrected chi connectivity index (χ2v) is 6.00. The van der Waals surface area contributed by atoms with Crippen LogP contribution in [-0.2, 0) is 0 Å². The highest BCUT2D eigenvalue weighted by Crippen LogP contribution is 2.30. The molecule has 110 valence electrons. The number of nitrogens with zero attached hydrogens (tertiary/aromatic N) is 3. The van der Waals surface area contributed by atoms with Crippen molar-refractivity contribution in [3.63, 3.8) is 0 Å². The molecule has 2 aromatic heterocycles. The van der Waals surface area contributed by atoms with Crippen LogP contribution in [0.25, 0.3) is 11.3 Å². The van der Waals surface area contributed by atoms with Gasteiger partial charge in [-0.3, -0.25) is 10.4 Å². The summed E-state index contributed by atoms with van der Waals surface area (Å²) in [6, 6.07) is 9.20. The Morgan fingerprint density at radius 1 is 1.18 bits per heavy atom. The lowest BCUT2D eigenvalue weighted by atomic mass is 10.2. The van der Waals surface area contributed by atoms with Gasteiger partial charge in [-0.05, 0) is 18.2 Å². The third-order valence-corrected chi connectivity index (χ3v) is 4.26. The van der Waals surface area contributed by atoms with Crippen LogP contribution in [0.3, 0.4) is 0 Å². The zero-order chi connectivity index (χ0) is 15.4. The normalized spacial score (nSPS) is 11.0. The number of hydrogen-bond donors (Lipinski definition) is 1. The molecule has 2 heterocycles. The molecular formula is C15H10Cl2N4S. The Kier molecular flexibility index (Phi) is 4.68. The lowest BCUT2D eigenvalue weighted by Crippen LogP contribution is -1.90. The third kappa shape index (κ3) is 3.62. The SMILES string of the molecule is Clc1ccc(-c2csc(N/N=C/c3cccnc3)n2)cc1Cl. The van der Waals surface area contributed by atoms with Crippen molar-refractivity contribution in [3.8, 4) is 11.3 Å². The average Bonchev–Trinajstić information content (AvgIpc) is 3.00. The van der Waals surface area contributed by atoms with E-state index < -0.39 is 0 Å². The summed E-state index contributed by atoms with van der Waals surface area (Å²) in [6.45, 7) is 0. The second-order valence-electron chi connectivity index (χ2n) is 4.32.